The summed E-state index contributed by atoms with van der Waals surface area (Å²) in [5, 5.41) is 4.02. The molecule has 28 heavy (non-hydrogen) atoms. The Morgan fingerprint density at radius 3 is 2.61 bits per heavy atom. The van der Waals surface area contributed by atoms with Crippen LogP contribution in [0.5, 0.6) is 5.75 Å². The smallest absolute Gasteiger partial charge is 0.247 e. The normalized spacial score (nSPS) is 18.7. The Labute approximate surface area is 163 Å². The van der Waals surface area contributed by atoms with Gasteiger partial charge in [0.15, 0.2) is 0 Å². The molecule has 2 unspecified atom stereocenters. The molecule has 9 heteroatoms. The van der Waals surface area contributed by atoms with Gasteiger partial charge in [-0.1, -0.05) is 12.1 Å². The van der Waals surface area contributed by atoms with Gasteiger partial charge in [0, 0.05) is 26.7 Å². The first-order valence-electron chi connectivity index (χ1n) is 9.08. The Kier molecular flexibility index (Phi) is 6.25. The van der Waals surface area contributed by atoms with E-state index in [-0.39, 0.29) is 24.5 Å². The van der Waals surface area contributed by atoms with Crippen molar-refractivity contribution in [1.29, 1.82) is 0 Å². The van der Waals surface area contributed by atoms with Gasteiger partial charge in [-0.3, -0.25) is 9.59 Å². The van der Waals surface area contributed by atoms with Crippen LogP contribution < -0.4 is 4.74 Å². The van der Waals surface area contributed by atoms with Crippen molar-refractivity contribution >= 4 is 11.8 Å². The van der Waals surface area contributed by atoms with E-state index in [0.29, 0.717) is 19.6 Å². The average Bonchev–Trinajstić information content (AvgIpc) is 3.20. The summed E-state index contributed by atoms with van der Waals surface area (Å²) in [6.07, 6.45) is 2.61. The minimum absolute atomic E-state index is 0.00782. The van der Waals surface area contributed by atoms with Gasteiger partial charge >= 0.3 is 0 Å². The molecule has 0 spiro atoms. The highest BCUT2D eigenvalue weighted by Gasteiger charge is 2.32. The lowest BCUT2D eigenvalue weighted by atomic mass is 10.2. The van der Waals surface area contributed by atoms with Crippen molar-refractivity contribution in [3.8, 4) is 5.75 Å². The summed E-state index contributed by atoms with van der Waals surface area (Å²) in [7, 11) is 3.21. The predicted molar refractivity (Wildman–Crippen MR) is 101 cm³/mol. The van der Waals surface area contributed by atoms with Crippen LogP contribution in [0.3, 0.4) is 0 Å². The Morgan fingerprint density at radius 2 is 2.00 bits per heavy atom. The van der Waals surface area contributed by atoms with Crippen LogP contribution in [-0.2, 0) is 20.9 Å². The van der Waals surface area contributed by atoms with Crippen molar-refractivity contribution in [2.75, 3.05) is 33.9 Å². The van der Waals surface area contributed by atoms with Gasteiger partial charge in [-0.05, 0) is 24.6 Å². The number of methoxy groups -OCH3 is 2. The summed E-state index contributed by atoms with van der Waals surface area (Å²) < 4.78 is 12.2. The molecule has 1 aliphatic rings. The van der Waals surface area contributed by atoms with Gasteiger partial charge in [-0.15, -0.1) is 0 Å². The maximum atomic E-state index is 12.9. The summed E-state index contributed by atoms with van der Waals surface area (Å²) in [4.78, 5) is 32.9. The van der Waals surface area contributed by atoms with Crippen LogP contribution in [0.25, 0.3) is 0 Å². The SMILES string of the molecule is COc1ccc(CN2CC(OC)CN(C(=O)C(C)n3cncn3)CC2=O)cc1. The van der Waals surface area contributed by atoms with Gasteiger partial charge in [-0.25, -0.2) is 9.67 Å². The summed E-state index contributed by atoms with van der Waals surface area (Å²) in [6, 6.07) is 7.03. The molecule has 150 valence electrons. The number of nitrogens with zero attached hydrogens (tertiary/aromatic N) is 5. The Balaban J connectivity index is 1.72. The van der Waals surface area contributed by atoms with E-state index in [0.717, 1.165) is 11.3 Å². The number of hydrogen-bond acceptors (Lipinski definition) is 6. The third-order valence-electron chi connectivity index (χ3n) is 4.90. The van der Waals surface area contributed by atoms with E-state index in [1.54, 1.807) is 26.0 Å². The van der Waals surface area contributed by atoms with E-state index in [1.807, 2.05) is 24.3 Å². The minimum Gasteiger partial charge on any atom is -0.497 e. The van der Waals surface area contributed by atoms with Crippen molar-refractivity contribution in [2.24, 2.45) is 0 Å². The van der Waals surface area contributed by atoms with Crippen LogP contribution >= 0.6 is 0 Å². The molecule has 0 saturated carbocycles. The molecule has 2 amide bonds. The van der Waals surface area contributed by atoms with E-state index in [1.165, 1.54) is 22.2 Å². The zero-order valence-corrected chi connectivity index (χ0v) is 16.3. The number of carbonyl (C=O) groups excluding carboxylic acids is 2. The number of benzene rings is 1. The van der Waals surface area contributed by atoms with Crippen LogP contribution in [0.4, 0.5) is 0 Å². The van der Waals surface area contributed by atoms with Gasteiger partial charge in [0.2, 0.25) is 11.8 Å². The molecule has 0 aliphatic carbocycles. The van der Waals surface area contributed by atoms with Gasteiger partial charge in [0.05, 0.1) is 19.8 Å². The zero-order chi connectivity index (χ0) is 20.1. The second-order valence-electron chi connectivity index (χ2n) is 6.75. The monoisotopic (exact) mass is 387 g/mol. The van der Waals surface area contributed by atoms with Crippen molar-refractivity contribution < 1.29 is 19.1 Å². The standard InChI is InChI=1S/C19H25N5O4/c1-14(24-13-20-12-21-24)19(26)23-10-17(28-3)9-22(18(25)11-23)8-15-4-6-16(27-2)7-5-15/h4-7,12-14,17H,8-11H2,1-3H3. The van der Waals surface area contributed by atoms with Gasteiger partial charge in [0.1, 0.15) is 24.4 Å². The van der Waals surface area contributed by atoms with Crippen LogP contribution in [0.15, 0.2) is 36.9 Å². The molecular weight excluding hydrogens is 362 g/mol. The molecule has 0 N–H and O–H groups in total. The highest BCUT2D eigenvalue weighted by atomic mass is 16.5. The second kappa shape index (κ2) is 8.83. The molecule has 2 aromatic rings. The second-order valence-corrected chi connectivity index (χ2v) is 6.75. The topological polar surface area (TPSA) is 89.8 Å². The summed E-state index contributed by atoms with van der Waals surface area (Å²) in [5.41, 5.74) is 0.986. The van der Waals surface area contributed by atoms with Crippen molar-refractivity contribution in [3.63, 3.8) is 0 Å². The van der Waals surface area contributed by atoms with Crippen LogP contribution in [0.1, 0.15) is 18.5 Å². The maximum absolute atomic E-state index is 12.9. The summed E-state index contributed by atoms with van der Waals surface area (Å²) >= 11 is 0. The van der Waals surface area contributed by atoms with E-state index >= 15 is 0 Å². The van der Waals surface area contributed by atoms with Gasteiger partial charge < -0.3 is 19.3 Å². The number of rotatable bonds is 6. The van der Waals surface area contributed by atoms with E-state index in [9.17, 15) is 9.59 Å². The van der Waals surface area contributed by atoms with E-state index in [2.05, 4.69) is 10.1 Å². The lowest BCUT2D eigenvalue weighted by Gasteiger charge is -2.25. The fourth-order valence-corrected chi connectivity index (χ4v) is 3.19. The Bertz CT molecular complexity index is 793. The fourth-order valence-electron chi connectivity index (χ4n) is 3.19. The molecule has 1 fully saturated rings. The van der Waals surface area contributed by atoms with Crippen LogP contribution in [0, 0.1) is 0 Å². The molecule has 0 bridgehead atoms. The summed E-state index contributed by atoms with van der Waals surface area (Å²) in [5.74, 6) is 0.460. The van der Waals surface area contributed by atoms with E-state index in [4.69, 9.17) is 9.47 Å². The first-order chi connectivity index (χ1) is 13.5. The Morgan fingerprint density at radius 1 is 1.25 bits per heavy atom. The lowest BCUT2D eigenvalue weighted by Crippen LogP contribution is -2.42. The quantitative estimate of drug-likeness (QED) is 0.726. The third-order valence-corrected chi connectivity index (χ3v) is 4.90. The molecule has 2 atom stereocenters. The molecule has 9 nitrogen and oxygen atoms in total. The highest BCUT2D eigenvalue weighted by Crippen LogP contribution is 2.17. The van der Waals surface area contributed by atoms with E-state index < -0.39 is 6.04 Å². The number of aromatic nitrogens is 3. The lowest BCUT2D eigenvalue weighted by molar-refractivity contribution is -0.141. The van der Waals surface area contributed by atoms with Crippen LogP contribution in [0.2, 0.25) is 0 Å². The molecule has 0 radical (unpaired) electrons. The molecule has 2 heterocycles. The zero-order valence-electron chi connectivity index (χ0n) is 16.3. The van der Waals surface area contributed by atoms with Gasteiger partial charge in [0.25, 0.3) is 0 Å². The molecule has 1 aliphatic heterocycles. The number of hydrogen-bond donors (Lipinski definition) is 0. The molecule has 1 aromatic carbocycles. The largest absolute Gasteiger partial charge is 0.497 e. The summed E-state index contributed by atoms with van der Waals surface area (Å²) in [6.45, 7) is 2.96. The maximum Gasteiger partial charge on any atom is 0.247 e. The Hall–Kier alpha value is -2.94. The highest BCUT2D eigenvalue weighted by molar-refractivity contribution is 5.87. The molecule has 3 rings (SSSR count). The number of carbonyl (C=O) groups is 2. The minimum atomic E-state index is -0.541. The molecule has 1 aromatic heterocycles. The molecular formula is C19H25N5O4. The third kappa shape index (κ3) is 4.48. The average molecular weight is 387 g/mol. The number of amides is 2. The molecule has 1 saturated heterocycles. The van der Waals surface area contributed by atoms with Crippen molar-refractivity contribution in [3.05, 3.63) is 42.5 Å². The van der Waals surface area contributed by atoms with Gasteiger partial charge in [-0.2, -0.15) is 5.10 Å². The van der Waals surface area contributed by atoms with Crippen molar-refractivity contribution in [1.82, 2.24) is 24.6 Å². The van der Waals surface area contributed by atoms with Crippen LogP contribution in [-0.4, -0.2) is 76.3 Å². The predicted octanol–water partition coefficient (Wildman–Crippen LogP) is 0.734. The van der Waals surface area contributed by atoms with Crippen molar-refractivity contribution in [2.45, 2.75) is 25.6 Å². The first kappa shape index (κ1) is 19.8. The first-order valence-corrected chi connectivity index (χ1v) is 9.08. The number of ether oxygens (including phenoxy) is 2. The fraction of sp³-hybridized carbons (Fsp3) is 0.474.